The summed E-state index contributed by atoms with van der Waals surface area (Å²) < 4.78 is 5.43. The molecule has 29 heavy (non-hydrogen) atoms. The van der Waals surface area contributed by atoms with Crippen LogP contribution in [0.25, 0.3) is 0 Å². The molecule has 156 valence electrons. The van der Waals surface area contributed by atoms with Crippen LogP contribution in [-0.2, 0) is 6.54 Å². The highest BCUT2D eigenvalue weighted by Crippen LogP contribution is 2.22. The molecule has 7 nitrogen and oxygen atoms in total. The predicted molar refractivity (Wildman–Crippen MR) is 114 cm³/mol. The molecule has 1 fully saturated rings. The summed E-state index contributed by atoms with van der Waals surface area (Å²) >= 11 is 1.46. The molecule has 0 bridgehead atoms. The van der Waals surface area contributed by atoms with E-state index in [2.05, 4.69) is 9.88 Å². The van der Waals surface area contributed by atoms with Crippen LogP contribution in [-0.4, -0.2) is 78.4 Å². The van der Waals surface area contributed by atoms with Gasteiger partial charge in [-0.15, -0.1) is 11.3 Å². The van der Waals surface area contributed by atoms with Crippen molar-refractivity contribution in [3.8, 4) is 5.75 Å². The Kier molecular flexibility index (Phi) is 6.87. The Morgan fingerprint density at radius 2 is 1.79 bits per heavy atom. The van der Waals surface area contributed by atoms with Crippen molar-refractivity contribution < 1.29 is 14.3 Å². The van der Waals surface area contributed by atoms with Crippen LogP contribution >= 0.6 is 11.3 Å². The molecule has 0 spiro atoms. The van der Waals surface area contributed by atoms with Gasteiger partial charge in [0.05, 0.1) is 18.8 Å². The number of thiazole rings is 1. The molecule has 2 amide bonds. The molecule has 0 saturated carbocycles. The van der Waals surface area contributed by atoms with Gasteiger partial charge in [-0.25, -0.2) is 4.98 Å². The van der Waals surface area contributed by atoms with Crippen molar-refractivity contribution in [2.75, 3.05) is 46.9 Å². The van der Waals surface area contributed by atoms with Crippen LogP contribution in [0.5, 0.6) is 5.75 Å². The zero-order chi connectivity index (χ0) is 21.0. The summed E-state index contributed by atoms with van der Waals surface area (Å²) in [5, 5.41) is 0.944. The quantitative estimate of drug-likeness (QED) is 0.724. The first-order valence-electron chi connectivity index (χ1n) is 9.81. The lowest BCUT2D eigenvalue weighted by Crippen LogP contribution is -2.48. The van der Waals surface area contributed by atoms with E-state index in [0.717, 1.165) is 29.5 Å². The third kappa shape index (κ3) is 5.13. The van der Waals surface area contributed by atoms with E-state index >= 15 is 0 Å². The number of nitrogens with zero attached hydrogens (tertiary/aromatic N) is 4. The number of carbonyl (C=O) groups excluding carboxylic acids is 2. The van der Waals surface area contributed by atoms with Gasteiger partial charge in [-0.05, 0) is 38.1 Å². The zero-order valence-corrected chi connectivity index (χ0v) is 18.3. The normalized spacial score (nSPS) is 14.7. The van der Waals surface area contributed by atoms with Crippen molar-refractivity contribution in [2.24, 2.45) is 0 Å². The molecule has 8 heteroatoms. The number of ether oxygens (including phenoxy) is 1. The van der Waals surface area contributed by atoms with E-state index < -0.39 is 0 Å². The fourth-order valence-electron chi connectivity index (χ4n) is 3.26. The number of hydrogen-bond acceptors (Lipinski definition) is 6. The first-order chi connectivity index (χ1) is 13.9. The van der Waals surface area contributed by atoms with Gasteiger partial charge in [0.15, 0.2) is 0 Å². The van der Waals surface area contributed by atoms with Gasteiger partial charge in [-0.3, -0.25) is 14.5 Å². The van der Waals surface area contributed by atoms with Crippen molar-refractivity contribution in [1.29, 1.82) is 0 Å². The van der Waals surface area contributed by atoms with Crippen LogP contribution in [0.3, 0.4) is 0 Å². The van der Waals surface area contributed by atoms with E-state index in [0.29, 0.717) is 36.7 Å². The number of amides is 2. The first kappa shape index (κ1) is 21.3. The minimum Gasteiger partial charge on any atom is -0.494 e. The summed E-state index contributed by atoms with van der Waals surface area (Å²) in [5.74, 6) is 0.827. The molecule has 1 aromatic heterocycles. The summed E-state index contributed by atoms with van der Waals surface area (Å²) in [6, 6.07) is 7.32. The minimum absolute atomic E-state index is 0.00276. The maximum absolute atomic E-state index is 12.7. The molecule has 1 aliphatic rings. The molecule has 1 saturated heterocycles. The lowest BCUT2D eigenvalue weighted by molar-refractivity contribution is 0.0628. The van der Waals surface area contributed by atoms with Gasteiger partial charge >= 0.3 is 0 Å². The van der Waals surface area contributed by atoms with Crippen LogP contribution in [0, 0.1) is 6.92 Å². The lowest BCUT2D eigenvalue weighted by atomic mass is 10.1. The summed E-state index contributed by atoms with van der Waals surface area (Å²) in [5.41, 5.74) is 1.47. The van der Waals surface area contributed by atoms with E-state index in [9.17, 15) is 9.59 Å². The lowest BCUT2D eigenvalue weighted by Gasteiger charge is -2.34. The number of aryl methyl sites for hydroxylation is 1. The Morgan fingerprint density at radius 3 is 2.38 bits per heavy atom. The van der Waals surface area contributed by atoms with Crippen molar-refractivity contribution in [3.63, 3.8) is 0 Å². The fourth-order valence-corrected chi connectivity index (χ4v) is 4.39. The Labute approximate surface area is 175 Å². The van der Waals surface area contributed by atoms with Crippen molar-refractivity contribution in [3.05, 3.63) is 45.4 Å². The average molecular weight is 417 g/mol. The summed E-state index contributed by atoms with van der Waals surface area (Å²) in [7, 11) is 3.50. The summed E-state index contributed by atoms with van der Waals surface area (Å²) in [6.07, 6.45) is 0. The van der Waals surface area contributed by atoms with Gasteiger partial charge in [0.1, 0.15) is 15.6 Å². The van der Waals surface area contributed by atoms with Gasteiger partial charge in [0.25, 0.3) is 11.8 Å². The molecule has 2 heterocycles. The molecule has 3 rings (SSSR count). The standard InChI is InChI=1S/C21H28N4O3S/c1-5-28-17-8-6-16(7-9-17)20(26)25-12-10-24(11-13-25)14-18-22-15(2)19(29-18)21(27)23(3)4/h6-9H,5,10-14H2,1-4H3. The topological polar surface area (TPSA) is 66.0 Å². The van der Waals surface area contributed by atoms with E-state index in [1.165, 1.54) is 11.3 Å². The van der Waals surface area contributed by atoms with Crippen LogP contribution in [0.4, 0.5) is 0 Å². The Bertz CT molecular complexity index is 855. The van der Waals surface area contributed by atoms with Crippen molar-refractivity contribution in [2.45, 2.75) is 20.4 Å². The van der Waals surface area contributed by atoms with E-state index in [-0.39, 0.29) is 11.8 Å². The van der Waals surface area contributed by atoms with Crippen molar-refractivity contribution >= 4 is 23.2 Å². The van der Waals surface area contributed by atoms with E-state index in [1.54, 1.807) is 19.0 Å². The van der Waals surface area contributed by atoms with Crippen LogP contribution in [0.1, 0.15) is 37.7 Å². The average Bonchev–Trinajstić information content (AvgIpc) is 3.08. The number of benzene rings is 1. The molecule has 0 atom stereocenters. The molecular formula is C21H28N4O3S. The molecular weight excluding hydrogens is 388 g/mol. The summed E-state index contributed by atoms with van der Waals surface area (Å²) in [4.78, 5) is 36.0. The highest BCUT2D eigenvalue weighted by atomic mass is 32.1. The number of rotatable bonds is 6. The third-order valence-corrected chi connectivity index (χ3v) is 6.00. The molecule has 0 aliphatic carbocycles. The fraction of sp³-hybridized carbons (Fsp3) is 0.476. The second-order valence-electron chi connectivity index (χ2n) is 7.25. The van der Waals surface area contributed by atoms with Gasteiger partial charge in [0, 0.05) is 45.8 Å². The van der Waals surface area contributed by atoms with Gasteiger partial charge < -0.3 is 14.5 Å². The largest absolute Gasteiger partial charge is 0.494 e. The number of aromatic nitrogens is 1. The Balaban J connectivity index is 1.54. The molecule has 0 radical (unpaired) electrons. The van der Waals surface area contributed by atoms with Crippen LogP contribution in [0.15, 0.2) is 24.3 Å². The smallest absolute Gasteiger partial charge is 0.265 e. The molecule has 0 N–H and O–H groups in total. The molecule has 1 aliphatic heterocycles. The Hall–Kier alpha value is -2.45. The molecule has 2 aromatic rings. The maximum atomic E-state index is 12.7. The Morgan fingerprint density at radius 1 is 1.14 bits per heavy atom. The van der Waals surface area contributed by atoms with Crippen LogP contribution < -0.4 is 4.74 Å². The van der Waals surface area contributed by atoms with Gasteiger partial charge in [-0.2, -0.15) is 0 Å². The predicted octanol–water partition coefficient (Wildman–Crippen LogP) is 2.51. The first-order valence-corrected chi connectivity index (χ1v) is 10.6. The summed E-state index contributed by atoms with van der Waals surface area (Å²) in [6.45, 7) is 8.07. The number of carbonyl (C=O) groups is 2. The zero-order valence-electron chi connectivity index (χ0n) is 17.5. The number of piperazine rings is 1. The third-order valence-electron chi connectivity index (χ3n) is 4.87. The van der Waals surface area contributed by atoms with Gasteiger partial charge in [0.2, 0.25) is 0 Å². The highest BCUT2D eigenvalue weighted by molar-refractivity contribution is 7.13. The highest BCUT2D eigenvalue weighted by Gasteiger charge is 2.24. The monoisotopic (exact) mass is 416 g/mol. The maximum Gasteiger partial charge on any atom is 0.265 e. The minimum atomic E-state index is -0.00276. The van der Waals surface area contributed by atoms with Crippen molar-refractivity contribution in [1.82, 2.24) is 19.7 Å². The molecule has 1 aromatic carbocycles. The number of hydrogen-bond donors (Lipinski definition) is 0. The van der Waals surface area contributed by atoms with Gasteiger partial charge in [-0.1, -0.05) is 0 Å². The second kappa shape index (κ2) is 9.37. The van der Waals surface area contributed by atoms with E-state index in [4.69, 9.17) is 4.74 Å². The second-order valence-corrected chi connectivity index (χ2v) is 8.33. The SMILES string of the molecule is CCOc1ccc(C(=O)N2CCN(Cc3nc(C)c(C(=O)N(C)C)s3)CC2)cc1. The van der Waals surface area contributed by atoms with Crippen LogP contribution in [0.2, 0.25) is 0 Å². The van der Waals surface area contributed by atoms with E-state index in [1.807, 2.05) is 43.0 Å². The molecule has 0 unspecified atom stereocenters.